The Morgan fingerprint density at radius 3 is 2.71 bits per heavy atom. The highest BCUT2D eigenvalue weighted by Crippen LogP contribution is 2.54. The minimum absolute atomic E-state index is 0.123. The quantitative estimate of drug-likeness (QED) is 0.821. The second-order valence-corrected chi connectivity index (χ2v) is 10.2. The first-order valence-electron chi connectivity index (χ1n) is 12.0. The van der Waals surface area contributed by atoms with Gasteiger partial charge in [-0.3, -0.25) is 9.69 Å². The lowest BCUT2D eigenvalue weighted by Crippen LogP contribution is -2.49. The van der Waals surface area contributed by atoms with Crippen LogP contribution in [0.15, 0.2) is 29.1 Å². The third-order valence-electron chi connectivity index (χ3n) is 8.32. The highest BCUT2D eigenvalue weighted by Gasteiger charge is 2.46. The number of rotatable bonds is 3. The molecular weight excluding hydrogens is 391 g/mol. The van der Waals surface area contributed by atoms with Crippen LogP contribution in [-0.4, -0.2) is 47.1 Å². The number of anilines is 1. The van der Waals surface area contributed by atoms with Gasteiger partial charge in [0.25, 0.3) is 5.56 Å². The Bertz CT molecular complexity index is 1040. The molecule has 3 aliphatic carbocycles. The van der Waals surface area contributed by atoms with Crippen LogP contribution in [0.5, 0.6) is 0 Å². The van der Waals surface area contributed by atoms with Crippen LogP contribution in [0.1, 0.15) is 61.5 Å². The molecule has 4 aliphatic rings. The molecule has 1 aliphatic heterocycles. The Labute approximate surface area is 182 Å². The van der Waals surface area contributed by atoms with Gasteiger partial charge >= 0.3 is 0 Å². The highest BCUT2D eigenvalue weighted by molar-refractivity contribution is 5.46. The normalized spacial score (nSPS) is 27.5. The van der Waals surface area contributed by atoms with Crippen LogP contribution < -0.4 is 10.5 Å². The van der Waals surface area contributed by atoms with Crippen molar-refractivity contribution in [1.29, 1.82) is 0 Å². The number of aromatic nitrogens is 2. The van der Waals surface area contributed by atoms with Gasteiger partial charge in [0.15, 0.2) is 0 Å². The van der Waals surface area contributed by atoms with E-state index in [1.807, 2.05) is 6.07 Å². The standard InChI is InChI=1S/C25H31FN4O/c26-18-2-1-3-19(15-18)29-10-12-30(13-11-29)20-5-4-17(14-20)23-27-22-6-7-25(8-9-25)16-21(22)24(31)28-23/h1-3,15,17,20H,4-14,16H2,(H,27,28,31)/t17-,20-/m1/s1. The lowest BCUT2D eigenvalue weighted by atomic mass is 9.84. The van der Waals surface area contributed by atoms with Crippen molar-refractivity contribution in [2.24, 2.45) is 5.41 Å². The second-order valence-electron chi connectivity index (χ2n) is 10.2. The molecule has 31 heavy (non-hydrogen) atoms. The summed E-state index contributed by atoms with van der Waals surface area (Å²) in [5.41, 5.74) is 3.58. The summed E-state index contributed by atoms with van der Waals surface area (Å²) >= 11 is 0. The third kappa shape index (κ3) is 3.69. The van der Waals surface area contributed by atoms with Crippen molar-refractivity contribution in [3.63, 3.8) is 0 Å². The molecule has 1 spiro atoms. The molecule has 6 heteroatoms. The number of hydrogen-bond acceptors (Lipinski definition) is 4. The van der Waals surface area contributed by atoms with E-state index >= 15 is 0 Å². The topological polar surface area (TPSA) is 52.2 Å². The van der Waals surface area contributed by atoms with Crippen molar-refractivity contribution < 1.29 is 4.39 Å². The number of hydrogen-bond donors (Lipinski definition) is 1. The molecule has 0 unspecified atom stereocenters. The van der Waals surface area contributed by atoms with Crippen molar-refractivity contribution in [2.75, 3.05) is 31.1 Å². The molecule has 2 aromatic rings. The van der Waals surface area contributed by atoms with Crippen LogP contribution in [0.2, 0.25) is 0 Å². The number of benzene rings is 1. The number of nitrogens with zero attached hydrogens (tertiary/aromatic N) is 3. The van der Waals surface area contributed by atoms with E-state index in [0.29, 0.717) is 17.4 Å². The summed E-state index contributed by atoms with van der Waals surface area (Å²) in [6.45, 7) is 3.87. The summed E-state index contributed by atoms with van der Waals surface area (Å²) in [7, 11) is 0. The van der Waals surface area contributed by atoms with Gasteiger partial charge in [-0.15, -0.1) is 0 Å². The molecule has 3 fully saturated rings. The molecule has 5 nitrogen and oxygen atoms in total. The molecular formula is C25H31FN4O. The number of H-pyrrole nitrogens is 1. The SMILES string of the molecule is O=c1[nH]c([C@@H]2CC[C@@H](N3CCN(c4cccc(F)c4)CC3)C2)nc2c1CC1(CC2)CC1. The first kappa shape index (κ1) is 19.5. The van der Waals surface area contributed by atoms with Crippen molar-refractivity contribution in [3.05, 3.63) is 57.5 Å². The zero-order valence-electron chi connectivity index (χ0n) is 18.1. The molecule has 1 aromatic carbocycles. The molecule has 1 N–H and O–H groups in total. The molecule has 2 saturated carbocycles. The fraction of sp³-hybridized carbons (Fsp3) is 0.600. The Hall–Kier alpha value is -2.21. The Morgan fingerprint density at radius 2 is 1.94 bits per heavy atom. The van der Waals surface area contributed by atoms with E-state index in [1.165, 1.54) is 25.3 Å². The monoisotopic (exact) mass is 422 g/mol. The summed E-state index contributed by atoms with van der Waals surface area (Å²) in [6, 6.07) is 7.46. The van der Waals surface area contributed by atoms with Crippen molar-refractivity contribution in [1.82, 2.24) is 14.9 Å². The molecule has 164 valence electrons. The fourth-order valence-corrected chi connectivity index (χ4v) is 6.15. The maximum Gasteiger partial charge on any atom is 0.254 e. The van der Waals surface area contributed by atoms with Gasteiger partial charge in [-0.1, -0.05) is 6.07 Å². The Morgan fingerprint density at radius 1 is 1.10 bits per heavy atom. The van der Waals surface area contributed by atoms with Gasteiger partial charge in [-0.25, -0.2) is 9.37 Å². The van der Waals surface area contributed by atoms with E-state index in [2.05, 4.69) is 14.8 Å². The van der Waals surface area contributed by atoms with Gasteiger partial charge < -0.3 is 9.88 Å². The maximum atomic E-state index is 13.6. The summed E-state index contributed by atoms with van der Waals surface area (Å²) in [5, 5.41) is 0. The van der Waals surface area contributed by atoms with Gasteiger partial charge in [-0.05, 0) is 75.0 Å². The number of fused-ring (bicyclic) bond motifs is 1. The van der Waals surface area contributed by atoms with Crippen LogP contribution in [0, 0.1) is 11.2 Å². The minimum Gasteiger partial charge on any atom is -0.369 e. The molecule has 1 aromatic heterocycles. The zero-order chi connectivity index (χ0) is 21.0. The second kappa shape index (κ2) is 7.44. The van der Waals surface area contributed by atoms with Crippen molar-refractivity contribution >= 4 is 5.69 Å². The van der Waals surface area contributed by atoms with E-state index in [9.17, 15) is 9.18 Å². The van der Waals surface area contributed by atoms with E-state index in [1.54, 1.807) is 12.1 Å². The highest BCUT2D eigenvalue weighted by atomic mass is 19.1. The smallest absolute Gasteiger partial charge is 0.254 e. The van der Waals surface area contributed by atoms with Crippen LogP contribution >= 0.6 is 0 Å². The summed E-state index contributed by atoms with van der Waals surface area (Å²) in [4.78, 5) is 25.8. The number of piperazine rings is 1. The van der Waals surface area contributed by atoms with Crippen molar-refractivity contribution in [3.8, 4) is 0 Å². The number of aryl methyl sites for hydroxylation is 1. The van der Waals surface area contributed by atoms with E-state index in [-0.39, 0.29) is 11.4 Å². The summed E-state index contributed by atoms with van der Waals surface area (Å²) < 4.78 is 13.6. The Kier molecular flexibility index (Phi) is 4.67. The number of nitrogens with one attached hydrogen (secondary N) is 1. The molecule has 0 bridgehead atoms. The van der Waals surface area contributed by atoms with Crippen LogP contribution in [-0.2, 0) is 12.8 Å². The zero-order valence-corrected chi connectivity index (χ0v) is 18.1. The van der Waals surface area contributed by atoms with Crippen LogP contribution in [0.3, 0.4) is 0 Å². The number of aromatic amines is 1. The summed E-state index contributed by atoms with van der Waals surface area (Å²) in [5.74, 6) is 1.12. The third-order valence-corrected chi connectivity index (χ3v) is 8.32. The molecule has 1 saturated heterocycles. The van der Waals surface area contributed by atoms with E-state index in [0.717, 1.165) is 81.1 Å². The predicted molar refractivity (Wildman–Crippen MR) is 119 cm³/mol. The van der Waals surface area contributed by atoms with E-state index < -0.39 is 0 Å². The molecule has 2 atom stereocenters. The molecule has 0 radical (unpaired) electrons. The maximum absolute atomic E-state index is 13.6. The van der Waals surface area contributed by atoms with Gasteiger partial charge in [0.2, 0.25) is 0 Å². The summed E-state index contributed by atoms with van der Waals surface area (Å²) in [6.07, 6.45) is 9.02. The van der Waals surface area contributed by atoms with Crippen LogP contribution in [0.25, 0.3) is 0 Å². The van der Waals surface area contributed by atoms with E-state index in [4.69, 9.17) is 4.98 Å². The van der Waals surface area contributed by atoms with Gasteiger partial charge in [0, 0.05) is 49.4 Å². The van der Waals surface area contributed by atoms with Crippen molar-refractivity contribution in [2.45, 2.75) is 63.3 Å². The average Bonchev–Trinajstić information content (AvgIpc) is 3.34. The molecule has 2 heterocycles. The van der Waals surface area contributed by atoms with Gasteiger partial charge in [-0.2, -0.15) is 0 Å². The van der Waals surface area contributed by atoms with Gasteiger partial charge in [0.1, 0.15) is 11.6 Å². The Balaban J connectivity index is 1.10. The first-order valence-corrected chi connectivity index (χ1v) is 12.0. The first-order chi connectivity index (χ1) is 15.1. The van der Waals surface area contributed by atoms with Crippen LogP contribution in [0.4, 0.5) is 10.1 Å². The largest absolute Gasteiger partial charge is 0.369 e. The fourth-order valence-electron chi connectivity index (χ4n) is 6.15. The lowest BCUT2D eigenvalue weighted by molar-refractivity contribution is 0.186. The number of halogens is 1. The lowest BCUT2D eigenvalue weighted by Gasteiger charge is -2.39. The minimum atomic E-state index is -0.169. The van der Waals surface area contributed by atoms with Gasteiger partial charge in [0.05, 0.1) is 5.69 Å². The molecule has 0 amide bonds. The average molecular weight is 423 g/mol. The molecule has 6 rings (SSSR count). The predicted octanol–water partition coefficient (Wildman–Crippen LogP) is 3.64.